The number of aliphatic hydroxyl groups is 1. The maximum atomic E-state index is 9.12. The Hall–Kier alpha value is -0.0400. The summed E-state index contributed by atoms with van der Waals surface area (Å²) in [5, 5.41) is 9.12. The van der Waals surface area contributed by atoms with E-state index in [9.17, 15) is 0 Å². The fraction of sp³-hybridized carbons (Fsp3) is 1.00. The van der Waals surface area contributed by atoms with Gasteiger partial charge in [0.05, 0.1) is 0 Å². The van der Waals surface area contributed by atoms with Gasteiger partial charge in [-0.2, -0.15) is 0 Å². The molecule has 1 heteroatoms. The predicted octanol–water partition coefficient (Wildman–Crippen LogP) is 3.61. The van der Waals surface area contributed by atoms with Crippen LogP contribution in [0.3, 0.4) is 0 Å². The second-order valence-corrected chi connectivity index (χ2v) is 5.98. The molecule has 0 unspecified atom stereocenters. The van der Waals surface area contributed by atoms with Crippen LogP contribution in [0.2, 0.25) is 0 Å². The van der Waals surface area contributed by atoms with Gasteiger partial charge in [0.1, 0.15) is 0 Å². The summed E-state index contributed by atoms with van der Waals surface area (Å²) in [4.78, 5) is 0. The third-order valence-electron chi connectivity index (χ3n) is 4.88. The van der Waals surface area contributed by atoms with Crippen LogP contribution in [-0.2, 0) is 0 Å². The van der Waals surface area contributed by atoms with Crippen molar-refractivity contribution in [3.8, 4) is 0 Å². The van der Waals surface area contributed by atoms with Gasteiger partial charge < -0.3 is 5.11 Å². The molecule has 0 aromatic heterocycles. The van der Waals surface area contributed by atoms with Crippen molar-refractivity contribution in [3.05, 3.63) is 0 Å². The maximum Gasteiger partial charge on any atom is 0.0459 e. The molecule has 0 saturated heterocycles. The van der Waals surface area contributed by atoms with Gasteiger partial charge in [-0.1, -0.05) is 19.8 Å². The first-order chi connectivity index (χ1) is 7.29. The molecule has 88 valence electrons. The number of aliphatic hydroxyl groups excluding tert-OH is 1. The zero-order valence-corrected chi connectivity index (χ0v) is 10.1. The van der Waals surface area contributed by atoms with E-state index in [0.29, 0.717) is 12.5 Å². The van der Waals surface area contributed by atoms with Gasteiger partial charge in [0.25, 0.3) is 0 Å². The lowest BCUT2D eigenvalue weighted by molar-refractivity contribution is 0.119. The molecule has 0 bridgehead atoms. The molecule has 2 saturated carbocycles. The molecule has 0 spiro atoms. The molecule has 15 heavy (non-hydrogen) atoms. The largest absolute Gasteiger partial charge is 0.396 e. The highest BCUT2D eigenvalue weighted by atomic mass is 16.3. The minimum atomic E-state index is 0.425. The summed E-state index contributed by atoms with van der Waals surface area (Å²) in [5.41, 5.74) is 0. The summed E-state index contributed by atoms with van der Waals surface area (Å²) in [6.45, 7) is 2.83. The van der Waals surface area contributed by atoms with Crippen LogP contribution in [-0.4, -0.2) is 11.7 Å². The van der Waals surface area contributed by atoms with Gasteiger partial charge in [-0.05, 0) is 62.2 Å². The Kier molecular flexibility index (Phi) is 4.07. The van der Waals surface area contributed by atoms with Crippen molar-refractivity contribution in [1.29, 1.82) is 0 Å². The number of hydrogen-bond acceptors (Lipinski definition) is 1. The Morgan fingerprint density at radius 2 is 1.27 bits per heavy atom. The van der Waals surface area contributed by atoms with Gasteiger partial charge in [-0.3, -0.25) is 0 Å². The van der Waals surface area contributed by atoms with Gasteiger partial charge in [0.15, 0.2) is 0 Å². The molecule has 0 amide bonds. The highest BCUT2D eigenvalue weighted by molar-refractivity contribution is 4.80. The average molecular weight is 210 g/mol. The first-order valence-electron chi connectivity index (χ1n) is 6.90. The maximum absolute atomic E-state index is 9.12. The van der Waals surface area contributed by atoms with Crippen LogP contribution >= 0.6 is 0 Å². The van der Waals surface area contributed by atoms with Gasteiger partial charge >= 0.3 is 0 Å². The van der Waals surface area contributed by atoms with Crippen molar-refractivity contribution < 1.29 is 5.11 Å². The summed E-state index contributed by atoms with van der Waals surface area (Å²) >= 11 is 0. The average Bonchev–Trinajstić information content (AvgIpc) is 2.30. The normalized spacial score (nSPS) is 42.8. The van der Waals surface area contributed by atoms with Gasteiger partial charge in [-0.25, -0.2) is 0 Å². The highest BCUT2D eigenvalue weighted by Gasteiger charge is 2.29. The fourth-order valence-corrected chi connectivity index (χ4v) is 3.60. The van der Waals surface area contributed by atoms with E-state index < -0.39 is 0 Å². The van der Waals surface area contributed by atoms with Crippen LogP contribution in [0.1, 0.15) is 58.3 Å². The van der Waals surface area contributed by atoms with Crippen molar-refractivity contribution in [2.45, 2.75) is 58.3 Å². The molecular weight excluding hydrogens is 184 g/mol. The van der Waals surface area contributed by atoms with Crippen molar-refractivity contribution in [2.75, 3.05) is 6.61 Å². The summed E-state index contributed by atoms with van der Waals surface area (Å²) in [6.07, 6.45) is 11.2. The molecule has 2 rings (SSSR count). The Labute approximate surface area is 94.3 Å². The van der Waals surface area contributed by atoms with Gasteiger partial charge in [0, 0.05) is 6.61 Å². The molecule has 0 aromatic carbocycles. The molecule has 1 N–H and O–H groups in total. The Bertz CT molecular complexity index is 174. The molecule has 0 radical (unpaired) electrons. The topological polar surface area (TPSA) is 20.2 Å². The quantitative estimate of drug-likeness (QED) is 0.738. The van der Waals surface area contributed by atoms with Gasteiger partial charge in [-0.15, -0.1) is 0 Å². The standard InChI is InChI=1S/C14H26O/c1-11-2-6-13(7-3-11)14-8-4-12(10-15)5-9-14/h11-15H,2-10H2,1H3/t11-,12?,13-,14?. The summed E-state index contributed by atoms with van der Waals surface area (Å²) in [5.74, 6) is 3.64. The molecule has 0 aromatic rings. The lowest BCUT2D eigenvalue weighted by atomic mass is 9.69. The summed E-state index contributed by atoms with van der Waals surface area (Å²) in [6, 6.07) is 0. The Morgan fingerprint density at radius 3 is 1.73 bits per heavy atom. The molecule has 0 atom stereocenters. The molecule has 0 aliphatic heterocycles. The summed E-state index contributed by atoms with van der Waals surface area (Å²) in [7, 11) is 0. The van der Waals surface area contributed by atoms with Crippen LogP contribution < -0.4 is 0 Å². The Balaban J connectivity index is 1.75. The predicted molar refractivity (Wildman–Crippen MR) is 63.7 cm³/mol. The van der Waals surface area contributed by atoms with E-state index in [2.05, 4.69) is 6.92 Å². The third-order valence-corrected chi connectivity index (χ3v) is 4.88. The molecular formula is C14H26O. The number of hydrogen-bond donors (Lipinski definition) is 1. The first-order valence-corrected chi connectivity index (χ1v) is 6.90. The van der Waals surface area contributed by atoms with E-state index in [1.807, 2.05) is 0 Å². The van der Waals surface area contributed by atoms with Crippen molar-refractivity contribution in [2.24, 2.45) is 23.7 Å². The summed E-state index contributed by atoms with van der Waals surface area (Å²) < 4.78 is 0. The van der Waals surface area contributed by atoms with E-state index in [0.717, 1.165) is 17.8 Å². The SMILES string of the molecule is C[C@H]1CC[C@H](C2CCC(CO)CC2)CC1. The van der Waals surface area contributed by atoms with Crippen LogP contribution in [0.15, 0.2) is 0 Å². The molecule has 0 heterocycles. The fourth-order valence-electron chi connectivity index (χ4n) is 3.60. The van der Waals surface area contributed by atoms with Crippen LogP contribution in [0.4, 0.5) is 0 Å². The lowest BCUT2D eigenvalue weighted by Crippen LogP contribution is -2.26. The zero-order valence-electron chi connectivity index (χ0n) is 10.1. The van der Waals surface area contributed by atoms with E-state index in [1.165, 1.54) is 51.4 Å². The second kappa shape index (κ2) is 5.34. The Morgan fingerprint density at radius 1 is 0.800 bits per heavy atom. The molecule has 2 aliphatic rings. The highest BCUT2D eigenvalue weighted by Crippen LogP contribution is 2.40. The smallest absolute Gasteiger partial charge is 0.0459 e. The van der Waals surface area contributed by atoms with Crippen LogP contribution in [0.5, 0.6) is 0 Å². The van der Waals surface area contributed by atoms with Crippen LogP contribution in [0.25, 0.3) is 0 Å². The molecule has 2 aliphatic carbocycles. The minimum Gasteiger partial charge on any atom is -0.396 e. The van der Waals surface area contributed by atoms with E-state index in [4.69, 9.17) is 5.11 Å². The molecule has 1 nitrogen and oxygen atoms in total. The van der Waals surface area contributed by atoms with Crippen molar-refractivity contribution in [1.82, 2.24) is 0 Å². The van der Waals surface area contributed by atoms with E-state index >= 15 is 0 Å². The monoisotopic (exact) mass is 210 g/mol. The third kappa shape index (κ3) is 2.96. The van der Waals surface area contributed by atoms with Crippen molar-refractivity contribution >= 4 is 0 Å². The zero-order chi connectivity index (χ0) is 10.7. The lowest BCUT2D eigenvalue weighted by Gasteiger charge is -2.36. The molecule has 2 fully saturated rings. The second-order valence-electron chi connectivity index (χ2n) is 5.98. The van der Waals surface area contributed by atoms with Crippen molar-refractivity contribution in [3.63, 3.8) is 0 Å². The minimum absolute atomic E-state index is 0.425. The number of rotatable bonds is 2. The van der Waals surface area contributed by atoms with Crippen LogP contribution in [0, 0.1) is 23.7 Å². The van der Waals surface area contributed by atoms with E-state index in [1.54, 1.807) is 0 Å². The first kappa shape index (κ1) is 11.4. The van der Waals surface area contributed by atoms with Gasteiger partial charge in [0.2, 0.25) is 0 Å². The van der Waals surface area contributed by atoms with E-state index in [-0.39, 0.29) is 0 Å².